The molecule has 9 heteroatoms. The summed E-state index contributed by atoms with van der Waals surface area (Å²) in [7, 11) is 0. The van der Waals surface area contributed by atoms with Crippen LogP contribution in [0.1, 0.15) is 18.7 Å². The molecule has 7 nitrogen and oxygen atoms in total. The third kappa shape index (κ3) is 4.24. The molecule has 158 valence electrons. The summed E-state index contributed by atoms with van der Waals surface area (Å²) < 4.78 is 25.9. The first-order chi connectivity index (χ1) is 15.2. The van der Waals surface area contributed by atoms with Gasteiger partial charge in [-0.3, -0.25) is 9.36 Å². The van der Waals surface area contributed by atoms with E-state index in [9.17, 15) is 9.18 Å². The second-order valence-electron chi connectivity index (χ2n) is 7.27. The summed E-state index contributed by atoms with van der Waals surface area (Å²) in [4.78, 5) is 22.2. The summed E-state index contributed by atoms with van der Waals surface area (Å²) in [5.41, 5.74) is 1.23. The van der Waals surface area contributed by atoms with E-state index in [0.29, 0.717) is 45.6 Å². The molecule has 31 heavy (non-hydrogen) atoms. The second kappa shape index (κ2) is 8.60. The van der Waals surface area contributed by atoms with Crippen molar-refractivity contribution in [3.8, 4) is 11.4 Å². The van der Waals surface area contributed by atoms with Gasteiger partial charge in [-0.25, -0.2) is 9.37 Å². The fraction of sp³-hybridized carbons (Fsp3) is 0.273. The molecular formula is C22H19FN4O3S. The molecule has 0 spiro atoms. The minimum atomic E-state index is -0.324. The highest BCUT2D eigenvalue weighted by Gasteiger charge is 2.21. The van der Waals surface area contributed by atoms with Crippen LogP contribution in [0.4, 0.5) is 4.39 Å². The van der Waals surface area contributed by atoms with Gasteiger partial charge in [0.05, 0.1) is 29.3 Å². The first-order valence-corrected chi connectivity index (χ1v) is 11.0. The number of rotatable bonds is 6. The molecule has 0 radical (unpaired) electrons. The Kier molecular flexibility index (Phi) is 5.52. The van der Waals surface area contributed by atoms with Crippen LogP contribution in [-0.2, 0) is 17.0 Å². The lowest BCUT2D eigenvalue weighted by Gasteiger charge is -2.16. The molecule has 1 atom stereocenters. The average molecular weight is 438 g/mol. The third-order valence-corrected chi connectivity index (χ3v) is 6.09. The van der Waals surface area contributed by atoms with Gasteiger partial charge in [0.25, 0.3) is 5.56 Å². The summed E-state index contributed by atoms with van der Waals surface area (Å²) in [6.45, 7) is 1.18. The van der Waals surface area contributed by atoms with Crippen molar-refractivity contribution in [1.82, 2.24) is 19.7 Å². The molecule has 2 aromatic heterocycles. The number of hydrogen-bond acceptors (Lipinski definition) is 7. The van der Waals surface area contributed by atoms with E-state index in [2.05, 4.69) is 10.1 Å². The monoisotopic (exact) mass is 438 g/mol. The number of ether oxygens (including phenoxy) is 1. The number of nitrogens with zero attached hydrogens (tertiary/aromatic N) is 4. The van der Waals surface area contributed by atoms with E-state index in [1.54, 1.807) is 22.8 Å². The lowest BCUT2D eigenvalue weighted by atomic mass is 10.2. The Hall–Kier alpha value is -3.04. The normalized spacial score (nSPS) is 16.2. The molecule has 2 aromatic carbocycles. The largest absolute Gasteiger partial charge is 0.376 e. The number of thioether (sulfide) groups is 1. The zero-order chi connectivity index (χ0) is 21.2. The molecule has 1 saturated heterocycles. The third-order valence-electron chi connectivity index (χ3n) is 5.13. The van der Waals surface area contributed by atoms with Crippen molar-refractivity contribution in [3.63, 3.8) is 0 Å². The molecule has 1 aliphatic rings. The molecule has 1 aliphatic heterocycles. The van der Waals surface area contributed by atoms with E-state index < -0.39 is 0 Å². The van der Waals surface area contributed by atoms with Gasteiger partial charge in [0.2, 0.25) is 11.7 Å². The van der Waals surface area contributed by atoms with Crippen LogP contribution < -0.4 is 5.56 Å². The Balaban J connectivity index is 1.41. The molecule has 0 saturated carbocycles. The topological polar surface area (TPSA) is 83.0 Å². The summed E-state index contributed by atoms with van der Waals surface area (Å²) in [5.74, 6) is 0.814. The summed E-state index contributed by atoms with van der Waals surface area (Å²) in [5, 5.41) is 5.14. The zero-order valence-electron chi connectivity index (χ0n) is 16.5. The van der Waals surface area contributed by atoms with Crippen LogP contribution in [0.2, 0.25) is 0 Å². The van der Waals surface area contributed by atoms with Crippen molar-refractivity contribution in [3.05, 3.63) is 70.6 Å². The summed E-state index contributed by atoms with van der Waals surface area (Å²) in [6, 6.07) is 13.2. The van der Waals surface area contributed by atoms with Crippen molar-refractivity contribution in [1.29, 1.82) is 0 Å². The quantitative estimate of drug-likeness (QED) is 0.332. The van der Waals surface area contributed by atoms with Crippen molar-refractivity contribution in [2.24, 2.45) is 0 Å². The lowest BCUT2D eigenvalue weighted by Crippen LogP contribution is -2.28. The summed E-state index contributed by atoms with van der Waals surface area (Å²) in [6.07, 6.45) is 1.93. The van der Waals surface area contributed by atoms with Crippen LogP contribution >= 0.6 is 11.8 Å². The summed E-state index contributed by atoms with van der Waals surface area (Å²) >= 11 is 1.36. The highest BCUT2D eigenvalue weighted by Crippen LogP contribution is 2.25. The fourth-order valence-corrected chi connectivity index (χ4v) is 4.41. The Labute approximate surface area is 181 Å². The van der Waals surface area contributed by atoms with Gasteiger partial charge in [0.15, 0.2) is 5.16 Å². The molecule has 5 rings (SSSR count). The van der Waals surface area contributed by atoms with Crippen LogP contribution in [0, 0.1) is 5.82 Å². The Bertz CT molecular complexity index is 1270. The van der Waals surface area contributed by atoms with E-state index in [-0.39, 0.29) is 17.5 Å². The number of para-hydroxylation sites is 1. The maximum Gasteiger partial charge on any atom is 0.262 e. The molecule has 0 N–H and O–H groups in total. The Morgan fingerprint density at radius 1 is 1.13 bits per heavy atom. The van der Waals surface area contributed by atoms with Gasteiger partial charge in [-0.1, -0.05) is 29.1 Å². The zero-order valence-corrected chi connectivity index (χ0v) is 17.3. The van der Waals surface area contributed by atoms with Gasteiger partial charge in [0, 0.05) is 12.2 Å². The van der Waals surface area contributed by atoms with Gasteiger partial charge in [-0.2, -0.15) is 4.98 Å². The average Bonchev–Trinajstić information content (AvgIpc) is 3.47. The fourth-order valence-electron chi connectivity index (χ4n) is 3.57. The molecular weight excluding hydrogens is 419 g/mol. The van der Waals surface area contributed by atoms with Crippen molar-refractivity contribution in [2.45, 2.75) is 36.4 Å². The smallest absolute Gasteiger partial charge is 0.262 e. The first-order valence-electron chi connectivity index (χ1n) is 10.00. The highest BCUT2D eigenvalue weighted by atomic mass is 32.2. The molecule has 0 bridgehead atoms. The van der Waals surface area contributed by atoms with Crippen molar-refractivity contribution >= 4 is 22.7 Å². The predicted octanol–water partition coefficient (Wildman–Crippen LogP) is 4.06. The molecule has 0 amide bonds. The number of halogens is 1. The minimum Gasteiger partial charge on any atom is -0.376 e. The van der Waals surface area contributed by atoms with Gasteiger partial charge in [-0.05, 0) is 49.2 Å². The van der Waals surface area contributed by atoms with Gasteiger partial charge in [0.1, 0.15) is 5.82 Å². The highest BCUT2D eigenvalue weighted by molar-refractivity contribution is 7.98. The van der Waals surface area contributed by atoms with Crippen LogP contribution in [0.5, 0.6) is 0 Å². The molecule has 1 unspecified atom stereocenters. The maximum atomic E-state index is 13.1. The molecule has 1 fully saturated rings. The van der Waals surface area contributed by atoms with Gasteiger partial charge >= 0.3 is 0 Å². The van der Waals surface area contributed by atoms with Gasteiger partial charge < -0.3 is 9.26 Å². The molecule has 3 heterocycles. The van der Waals surface area contributed by atoms with Gasteiger partial charge in [-0.15, -0.1) is 0 Å². The number of fused-ring (bicyclic) bond motifs is 1. The Morgan fingerprint density at radius 2 is 1.97 bits per heavy atom. The van der Waals surface area contributed by atoms with Crippen molar-refractivity contribution < 1.29 is 13.7 Å². The second-order valence-corrected chi connectivity index (χ2v) is 8.21. The predicted molar refractivity (Wildman–Crippen MR) is 114 cm³/mol. The van der Waals surface area contributed by atoms with E-state index in [1.807, 2.05) is 18.2 Å². The number of aromatic nitrogens is 4. The van der Waals surface area contributed by atoms with E-state index in [1.165, 1.54) is 23.9 Å². The number of benzene rings is 2. The van der Waals surface area contributed by atoms with Crippen molar-refractivity contribution in [2.75, 3.05) is 6.61 Å². The number of hydrogen-bond donors (Lipinski definition) is 0. The SMILES string of the molecule is O=c1c2ccccc2nc(SCc2nc(-c3ccc(F)cc3)no2)n1CC1CCCO1. The van der Waals surface area contributed by atoms with Crippen LogP contribution in [-0.4, -0.2) is 32.4 Å². The van der Waals surface area contributed by atoms with E-state index >= 15 is 0 Å². The van der Waals surface area contributed by atoms with Crippen LogP contribution in [0.25, 0.3) is 22.3 Å². The minimum absolute atomic E-state index is 0.00787. The standard InChI is InChI=1S/C22H19FN4O3S/c23-15-9-7-14(8-10-15)20-25-19(30-26-20)13-31-22-24-18-6-2-1-5-17(18)21(28)27(22)12-16-4-3-11-29-16/h1-2,5-10,16H,3-4,11-13H2. The Morgan fingerprint density at radius 3 is 2.77 bits per heavy atom. The van der Waals surface area contributed by atoms with E-state index in [4.69, 9.17) is 14.2 Å². The maximum absolute atomic E-state index is 13.1. The van der Waals surface area contributed by atoms with E-state index in [0.717, 1.165) is 19.4 Å². The van der Waals surface area contributed by atoms with Crippen LogP contribution in [0.3, 0.4) is 0 Å². The molecule has 0 aliphatic carbocycles. The molecule has 4 aromatic rings. The lowest BCUT2D eigenvalue weighted by molar-refractivity contribution is 0.0937. The first kappa shape index (κ1) is 19.9. The van der Waals surface area contributed by atoms with Crippen LogP contribution in [0.15, 0.2) is 63.0 Å².